The summed E-state index contributed by atoms with van der Waals surface area (Å²) >= 11 is 2.65. The monoisotopic (exact) mass is 449 g/mol. The van der Waals surface area contributed by atoms with Crippen LogP contribution in [0, 0.1) is 13.8 Å². The molecule has 1 aliphatic rings. The molecule has 1 amide bonds. The SMILES string of the molecule is Cc1ccc(C)c2c1sc(=NC(=O)C1CCCCN1S(=O)(=O)c1cccs1)n2C. The Labute approximate surface area is 178 Å². The topological polar surface area (TPSA) is 71.7 Å². The number of carbonyl (C=O) groups is 1. The Morgan fingerprint density at radius 1 is 1.17 bits per heavy atom. The summed E-state index contributed by atoms with van der Waals surface area (Å²) in [4.78, 5) is 18.1. The Morgan fingerprint density at radius 2 is 1.93 bits per heavy atom. The molecule has 154 valence electrons. The van der Waals surface area contributed by atoms with Gasteiger partial charge in [0.2, 0.25) is 0 Å². The van der Waals surface area contributed by atoms with Crippen molar-refractivity contribution in [2.45, 2.75) is 43.4 Å². The van der Waals surface area contributed by atoms with Crippen LogP contribution in [0.1, 0.15) is 30.4 Å². The van der Waals surface area contributed by atoms with E-state index >= 15 is 0 Å². The minimum absolute atomic E-state index is 0.274. The van der Waals surface area contributed by atoms with E-state index in [4.69, 9.17) is 0 Å². The van der Waals surface area contributed by atoms with E-state index in [-0.39, 0.29) is 10.1 Å². The normalized spacial score (nSPS) is 19.1. The summed E-state index contributed by atoms with van der Waals surface area (Å²) in [5.41, 5.74) is 3.32. The van der Waals surface area contributed by atoms with Gasteiger partial charge in [0, 0.05) is 13.6 Å². The molecule has 1 saturated heterocycles. The number of hydrogen-bond donors (Lipinski definition) is 0. The number of hydrogen-bond acceptors (Lipinski definition) is 5. The van der Waals surface area contributed by atoms with Gasteiger partial charge in [-0.3, -0.25) is 4.79 Å². The molecule has 0 aliphatic carbocycles. The van der Waals surface area contributed by atoms with E-state index in [9.17, 15) is 13.2 Å². The lowest BCUT2D eigenvalue weighted by molar-refractivity contribution is -0.122. The summed E-state index contributed by atoms with van der Waals surface area (Å²) in [6.45, 7) is 4.43. The van der Waals surface area contributed by atoms with Crippen molar-refractivity contribution in [3.05, 3.63) is 45.6 Å². The second kappa shape index (κ2) is 7.79. The first-order chi connectivity index (χ1) is 13.8. The molecule has 0 N–H and O–H groups in total. The molecule has 3 aromatic rings. The predicted octanol–water partition coefficient (Wildman–Crippen LogP) is 3.59. The van der Waals surface area contributed by atoms with Crippen LogP contribution in [0.4, 0.5) is 0 Å². The van der Waals surface area contributed by atoms with Crippen LogP contribution in [-0.4, -0.2) is 35.8 Å². The van der Waals surface area contributed by atoms with Gasteiger partial charge in [0.05, 0.1) is 10.2 Å². The van der Waals surface area contributed by atoms with Gasteiger partial charge in [-0.15, -0.1) is 11.3 Å². The summed E-state index contributed by atoms with van der Waals surface area (Å²) in [5, 5.41) is 1.74. The number of aryl methyl sites for hydroxylation is 3. The number of thiophene rings is 1. The first-order valence-electron chi connectivity index (χ1n) is 9.50. The molecule has 1 atom stereocenters. The highest BCUT2D eigenvalue weighted by Crippen LogP contribution is 2.29. The van der Waals surface area contributed by atoms with Crippen molar-refractivity contribution < 1.29 is 13.2 Å². The maximum Gasteiger partial charge on any atom is 0.266 e. The van der Waals surface area contributed by atoms with Crippen molar-refractivity contribution in [2.24, 2.45) is 12.0 Å². The van der Waals surface area contributed by atoms with Crippen molar-refractivity contribution in [1.82, 2.24) is 8.87 Å². The van der Waals surface area contributed by atoms with E-state index in [1.165, 1.54) is 27.0 Å². The number of sulfonamides is 1. The van der Waals surface area contributed by atoms with Gasteiger partial charge >= 0.3 is 0 Å². The second-order valence-corrected chi connectivity index (χ2v) is 11.4. The van der Waals surface area contributed by atoms with Crippen molar-refractivity contribution in [2.75, 3.05) is 6.54 Å². The Kier molecular flexibility index (Phi) is 5.50. The third kappa shape index (κ3) is 3.61. The van der Waals surface area contributed by atoms with E-state index < -0.39 is 16.1 Å². The minimum atomic E-state index is -3.69. The van der Waals surface area contributed by atoms with E-state index in [1.54, 1.807) is 17.5 Å². The Balaban J connectivity index is 1.75. The van der Waals surface area contributed by atoms with Crippen molar-refractivity contribution >= 4 is 48.8 Å². The van der Waals surface area contributed by atoms with Gasteiger partial charge in [-0.25, -0.2) is 8.42 Å². The van der Waals surface area contributed by atoms with Crippen molar-refractivity contribution in [1.29, 1.82) is 0 Å². The molecule has 0 saturated carbocycles. The second-order valence-electron chi connectivity index (χ2n) is 7.33. The summed E-state index contributed by atoms with van der Waals surface area (Å²) in [5.74, 6) is -0.387. The fraction of sp³-hybridized carbons (Fsp3) is 0.400. The molecule has 1 aromatic carbocycles. The van der Waals surface area contributed by atoms with Gasteiger partial charge in [0.15, 0.2) is 4.80 Å². The van der Waals surface area contributed by atoms with Gasteiger partial charge in [0.25, 0.3) is 15.9 Å². The molecular formula is C20H23N3O3S3. The quantitative estimate of drug-likeness (QED) is 0.613. The zero-order chi connectivity index (χ0) is 20.8. The number of benzene rings is 1. The predicted molar refractivity (Wildman–Crippen MR) is 117 cm³/mol. The first kappa shape index (κ1) is 20.5. The standard InChI is InChI=1S/C20H23N3O3S3/c1-13-9-10-14(2)18-17(13)22(3)20(28-18)21-19(24)15-7-4-5-11-23(15)29(25,26)16-8-6-12-27-16/h6,8-10,12,15H,4-5,7,11H2,1-3H3. The lowest BCUT2D eigenvalue weighted by atomic mass is 10.0. The highest BCUT2D eigenvalue weighted by Gasteiger charge is 2.38. The molecule has 3 heterocycles. The molecule has 29 heavy (non-hydrogen) atoms. The van der Waals surface area contributed by atoms with Crippen LogP contribution in [0.5, 0.6) is 0 Å². The van der Waals surface area contributed by atoms with Gasteiger partial charge in [0.1, 0.15) is 10.3 Å². The molecule has 2 aromatic heterocycles. The van der Waals surface area contributed by atoms with E-state index in [0.29, 0.717) is 17.8 Å². The largest absolute Gasteiger partial charge is 0.319 e. The number of amides is 1. The van der Waals surface area contributed by atoms with E-state index in [0.717, 1.165) is 34.2 Å². The summed E-state index contributed by atoms with van der Waals surface area (Å²) in [6, 6.07) is 6.68. The Morgan fingerprint density at radius 3 is 2.62 bits per heavy atom. The van der Waals surface area contributed by atoms with Crippen LogP contribution in [0.3, 0.4) is 0 Å². The van der Waals surface area contributed by atoms with Gasteiger partial charge in [-0.2, -0.15) is 9.30 Å². The highest BCUT2D eigenvalue weighted by molar-refractivity contribution is 7.91. The molecule has 0 spiro atoms. The van der Waals surface area contributed by atoms with Crippen LogP contribution >= 0.6 is 22.7 Å². The Bertz CT molecular complexity index is 1240. The maximum atomic E-state index is 13.1. The highest BCUT2D eigenvalue weighted by atomic mass is 32.2. The molecule has 4 rings (SSSR count). The smallest absolute Gasteiger partial charge is 0.266 e. The zero-order valence-corrected chi connectivity index (χ0v) is 19.0. The number of carbonyl (C=O) groups excluding carboxylic acids is 1. The van der Waals surface area contributed by atoms with Gasteiger partial charge in [-0.1, -0.05) is 36.0 Å². The van der Waals surface area contributed by atoms with Crippen LogP contribution in [0.15, 0.2) is 38.8 Å². The summed E-state index contributed by atoms with van der Waals surface area (Å²) in [7, 11) is -1.78. The molecule has 9 heteroatoms. The van der Waals surface area contributed by atoms with Crippen LogP contribution < -0.4 is 4.80 Å². The fourth-order valence-electron chi connectivity index (χ4n) is 3.80. The average Bonchev–Trinajstić information content (AvgIpc) is 3.35. The Hall–Kier alpha value is -1.81. The number of aromatic nitrogens is 1. The third-order valence-corrected chi connectivity index (χ3v) is 9.90. The third-order valence-electron chi connectivity index (χ3n) is 5.35. The molecule has 1 unspecified atom stereocenters. The lowest BCUT2D eigenvalue weighted by Gasteiger charge is -2.31. The first-order valence-corrected chi connectivity index (χ1v) is 12.6. The maximum absolute atomic E-state index is 13.1. The minimum Gasteiger partial charge on any atom is -0.319 e. The summed E-state index contributed by atoms with van der Waals surface area (Å²) in [6.07, 6.45) is 2.07. The number of fused-ring (bicyclic) bond motifs is 1. The molecule has 1 aliphatic heterocycles. The lowest BCUT2D eigenvalue weighted by Crippen LogP contribution is -2.47. The molecular weight excluding hydrogens is 426 g/mol. The van der Waals surface area contributed by atoms with Crippen molar-refractivity contribution in [3.63, 3.8) is 0 Å². The zero-order valence-electron chi connectivity index (χ0n) is 16.6. The number of nitrogens with zero attached hydrogens (tertiary/aromatic N) is 3. The van der Waals surface area contributed by atoms with E-state index in [2.05, 4.69) is 17.1 Å². The number of piperidine rings is 1. The molecule has 0 radical (unpaired) electrons. The molecule has 6 nitrogen and oxygen atoms in total. The molecule has 1 fully saturated rings. The van der Waals surface area contributed by atoms with Crippen molar-refractivity contribution in [3.8, 4) is 0 Å². The average molecular weight is 450 g/mol. The van der Waals surface area contributed by atoms with E-state index in [1.807, 2.05) is 25.5 Å². The van der Waals surface area contributed by atoms with Crippen LogP contribution in [0.2, 0.25) is 0 Å². The number of rotatable bonds is 3. The van der Waals surface area contributed by atoms with Crippen LogP contribution in [-0.2, 0) is 21.9 Å². The molecule has 0 bridgehead atoms. The van der Waals surface area contributed by atoms with Gasteiger partial charge in [-0.05, 0) is 49.3 Å². The fourth-order valence-corrected chi connectivity index (χ4v) is 7.74. The number of thiazole rings is 1. The summed E-state index contributed by atoms with van der Waals surface area (Å²) < 4.78 is 30.8. The van der Waals surface area contributed by atoms with Gasteiger partial charge < -0.3 is 4.57 Å². The van der Waals surface area contributed by atoms with Crippen LogP contribution in [0.25, 0.3) is 10.2 Å².